The topological polar surface area (TPSA) is 35.5 Å². The summed E-state index contributed by atoms with van der Waals surface area (Å²) in [6.45, 7) is 0. The molecular formula is C8H6Cl2O3. The SMILES string of the molecule is COc1cc(Cl)ccc1OC(=O)Cl. The van der Waals surface area contributed by atoms with Crippen LogP contribution in [-0.4, -0.2) is 12.5 Å². The molecule has 0 unspecified atom stereocenters. The minimum atomic E-state index is -0.916. The van der Waals surface area contributed by atoms with Crippen LogP contribution >= 0.6 is 23.2 Å². The zero-order valence-electron chi connectivity index (χ0n) is 6.71. The van der Waals surface area contributed by atoms with E-state index in [9.17, 15) is 4.79 Å². The molecule has 0 atom stereocenters. The Morgan fingerprint density at radius 3 is 2.62 bits per heavy atom. The molecule has 1 aromatic rings. The third kappa shape index (κ3) is 2.79. The molecule has 70 valence electrons. The Morgan fingerprint density at radius 1 is 1.38 bits per heavy atom. The second kappa shape index (κ2) is 4.35. The van der Waals surface area contributed by atoms with Gasteiger partial charge in [0.05, 0.1) is 7.11 Å². The Morgan fingerprint density at radius 2 is 2.08 bits per heavy atom. The lowest BCUT2D eigenvalue weighted by Gasteiger charge is -2.06. The molecule has 0 aliphatic heterocycles. The van der Waals surface area contributed by atoms with Crippen molar-refractivity contribution in [2.24, 2.45) is 0 Å². The van der Waals surface area contributed by atoms with Gasteiger partial charge < -0.3 is 9.47 Å². The van der Waals surface area contributed by atoms with Crippen LogP contribution in [0.5, 0.6) is 11.5 Å². The molecular weight excluding hydrogens is 215 g/mol. The summed E-state index contributed by atoms with van der Waals surface area (Å²) < 4.78 is 9.54. The highest BCUT2D eigenvalue weighted by Crippen LogP contribution is 2.30. The highest BCUT2D eigenvalue weighted by atomic mass is 35.5. The van der Waals surface area contributed by atoms with Crippen LogP contribution in [0, 0.1) is 0 Å². The number of rotatable bonds is 2. The maximum Gasteiger partial charge on any atom is 0.409 e. The first-order valence-corrected chi connectivity index (χ1v) is 4.10. The first-order valence-electron chi connectivity index (χ1n) is 3.34. The zero-order valence-corrected chi connectivity index (χ0v) is 8.22. The minimum absolute atomic E-state index is 0.243. The molecule has 0 spiro atoms. The first-order chi connectivity index (χ1) is 6.13. The molecule has 0 aliphatic rings. The zero-order chi connectivity index (χ0) is 9.84. The minimum Gasteiger partial charge on any atom is -0.493 e. The number of benzene rings is 1. The van der Waals surface area contributed by atoms with E-state index < -0.39 is 5.43 Å². The van der Waals surface area contributed by atoms with Gasteiger partial charge in [0.1, 0.15) is 0 Å². The van der Waals surface area contributed by atoms with Gasteiger partial charge in [-0.05, 0) is 12.1 Å². The number of methoxy groups -OCH3 is 1. The molecule has 13 heavy (non-hydrogen) atoms. The van der Waals surface area contributed by atoms with Crippen LogP contribution in [0.2, 0.25) is 5.02 Å². The van der Waals surface area contributed by atoms with E-state index in [0.717, 1.165) is 0 Å². The number of carbonyl (C=O) groups excluding carboxylic acids is 1. The van der Waals surface area contributed by atoms with Gasteiger partial charge >= 0.3 is 5.43 Å². The van der Waals surface area contributed by atoms with E-state index in [4.69, 9.17) is 27.9 Å². The van der Waals surface area contributed by atoms with Crippen LogP contribution in [0.3, 0.4) is 0 Å². The number of ether oxygens (including phenoxy) is 2. The van der Waals surface area contributed by atoms with Gasteiger partial charge in [-0.1, -0.05) is 11.6 Å². The van der Waals surface area contributed by atoms with Crippen molar-refractivity contribution in [1.29, 1.82) is 0 Å². The summed E-state index contributed by atoms with van der Waals surface area (Å²) in [4.78, 5) is 10.4. The summed E-state index contributed by atoms with van der Waals surface area (Å²) >= 11 is 10.7. The Balaban J connectivity index is 2.99. The average Bonchev–Trinajstić information content (AvgIpc) is 2.07. The summed E-state index contributed by atoms with van der Waals surface area (Å²) in [7, 11) is 1.44. The summed E-state index contributed by atoms with van der Waals surface area (Å²) in [5.41, 5.74) is -0.916. The quantitative estimate of drug-likeness (QED) is 0.719. The van der Waals surface area contributed by atoms with E-state index >= 15 is 0 Å². The highest BCUT2D eigenvalue weighted by molar-refractivity contribution is 6.61. The maximum atomic E-state index is 10.4. The fraction of sp³-hybridized carbons (Fsp3) is 0.125. The standard InChI is InChI=1S/C8H6Cl2O3/c1-12-7-4-5(9)2-3-6(7)13-8(10)11/h2-4H,1H3. The normalized spacial score (nSPS) is 9.46. The summed E-state index contributed by atoms with van der Waals surface area (Å²) in [6, 6.07) is 4.59. The molecule has 0 amide bonds. The van der Waals surface area contributed by atoms with Gasteiger partial charge in [-0.15, -0.1) is 0 Å². The van der Waals surface area contributed by atoms with Crippen molar-refractivity contribution in [3.63, 3.8) is 0 Å². The Hall–Kier alpha value is -0.930. The number of hydrogen-bond donors (Lipinski definition) is 0. The van der Waals surface area contributed by atoms with Crippen molar-refractivity contribution in [3.8, 4) is 11.5 Å². The van der Waals surface area contributed by atoms with E-state index in [2.05, 4.69) is 4.74 Å². The van der Waals surface area contributed by atoms with E-state index in [-0.39, 0.29) is 5.75 Å². The molecule has 0 aliphatic carbocycles. The second-order valence-corrected chi connectivity index (χ2v) is 2.88. The second-order valence-electron chi connectivity index (χ2n) is 2.13. The molecule has 5 heteroatoms. The van der Waals surface area contributed by atoms with Crippen LogP contribution in [0.15, 0.2) is 18.2 Å². The molecule has 0 saturated carbocycles. The van der Waals surface area contributed by atoms with Crippen molar-refractivity contribution >= 4 is 28.6 Å². The molecule has 0 radical (unpaired) electrons. The van der Waals surface area contributed by atoms with Crippen LogP contribution in [0.1, 0.15) is 0 Å². The van der Waals surface area contributed by atoms with Crippen molar-refractivity contribution in [3.05, 3.63) is 23.2 Å². The lowest BCUT2D eigenvalue weighted by molar-refractivity contribution is 0.223. The van der Waals surface area contributed by atoms with E-state index in [1.165, 1.54) is 19.2 Å². The van der Waals surface area contributed by atoms with Crippen molar-refractivity contribution in [2.75, 3.05) is 7.11 Å². The van der Waals surface area contributed by atoms with E-state index in [0.29, 0.717) is 10.8 Å². The summed E-state index contributed by atoms with van der Waals surface area (Å²) in [5.74, 6) is 0.605. The maximum absolute atomic E-state index is 10.4. The molecule has 0 fully saturated rings. The van der Waals surface area contributed by atoms with Crippen molar-refractivity contribution < 1.29 is 14.3 Å². The molecule has 1 rings (SSSR count). The molecule has 1 aromatic carbocycles. The lowest BCUT2D eigenvalue weighted by atomic mass is 10.3. The molecule has 3 nitrogen and oxygen atoms in total. The Bertz CT molecular complexity index is 325. The van der Waals surface area contributed by atoms with Crippen LogP contribution in [0.25, 0.3) is 0 Å². The Kier molecular flexibility index (Phi) is 3.39. The predicted molar refractivity (Wildman–Crippen MR) is 49.9 cm³/mol. The molecule has 0 heterocycles. The fourth-order valence-electron chi connectivity index (χ4n) is 0.812. The van der Waals surface area contributed by atoms with Crippen molar-refractivity contribution in [2.45, 2.75) is 0 Å². The van der Waals surface area contributed by atoms with Gasteiger partial charge in [-0.2, -0.15) is 0 Å². The van der Waals surface area contributed by atoms with Gasteiger partial charge in [-0.25, -0.2) is 4.79 Å². The van der Waals surface area contributed by atoms with E-state index in [1.54, 1.807) is 6.07 Å². The number of halogens is 2. The predicted octanol–water partition coefficient (Wildman–Crippen LogP) is 3.09. The van der Waals surface area contributed by atoms with Crippen LogP contribution < -0.4 is 9.47 Å². The van der Waals surface area contributed by atoms with Crippen LogP contribution in [0.4, 0.5) is 4.79 Å². The fourth-order valence-corrected chi connectivity index (χ4v) is 1.06. The molecule has 0 aromatic heterocycles. The van der Waals surface area contributed by atoms with Gasteiger partial charge in [0.15, 0.2) is 11.5 Å². The molecule has 0 N–H and O–H groups in total. The monoisotopic (exact) mass is 220 g/mol. The summed E-state index contributed by atoms with van der Waals surface area (Å²) in [6.07, 6.45) is 0. The van der Waals surface area contributed by atoms with Gasteiger partial charge in [0.25, 0.3) is 0 Å². The molecule has 0 bridgehead atoms. The largest absolute Gasteiger partial charge is 0.493 e. The highest BCUT2D eigenvalue weighted by Gasteiger charge is 2.07. The summed E-state index contributed by atoms with van der Waals surface area (Å²) in [5, 5.41) is 0.492. The smallest absolute Gasteiger partial charge is 0.409 e. The number of carbonyl (C=O) groups is 1. The first kappa shape index (κ1) is 10.2. The average molecular weight is 221 g/mol. The molecule has 0 saturated heterocycles. The van der Waals surface area contributed by atoms with Gasteiger partial charge in [-0.3, -0.25) is 0 Å². The number of hydrogen-bond acceptors (Lipinski definition) is 3. The van der Waals surface area contributed by atoms with Gasteiger partial charge in [0.2, 0.25) is 0 Å². The van der Waals surface area contributed by atoms with E-state index in [1.807, 2.05) is 0 Å². The third-order valence-corrected chi connectivity index (χ3v) is 1.63. The van der Waals surface area contributed by atoms with Crippen LogP contribution in [-0.2, 0) is 0 Å². The van der Waals surface area contributed by atoms with Gasteiger partial charge in [0, 0.05) is 22.7 Å². The third-order valence-electron chi connectivity index (χ3n) is 1.32. The van der Waals surface area contributed by atoms with Crippen molar-refractivity contribution in [1.82, 2.24) is 0 Å². The lowest BCUT2D eigenvalue weighted by Crippen LogP contribution is -1.98. The Labute approximate surface area is 85.2 Å².